The molecule has 4 aromatic carbocycles. The molecule has 0 spiro atoms. The highest BCUT2D eigenvalue weighted by Crippen LogP contribution is 2.21. The Morgan fingerprint density at radius 2 is 1.15 bits per heavy atom. The molecular formula is C59H69N. The first kappa shape index (κ1) is 48.3. The number of aryl methyl sites for hydroxylation is 3. The van der Waals surface area contributed by atoms with E-state index in [4.69, 9.17) is 5.73 Å². The van der Waals surface area contributed by atoms with Gasteiger partial charge in [0.25, 0.3) is 0 Å². The second-order valence-corrected chi connectivity index (χ2v) is 14.7. The molecule has 0 radical (unpaired) electrons. The molecule has 2 N–H and O–H groups in total. The van der Waals surface area contributed by atoms with Crippen LogP contribution in [0, 0.1) is 12.8 Å². The minimum absolute atomic E-state index is 0.392. The van der Waals surface area contributed by atoms with Crippen molar-refractivity contribution < 1.29 is 0 Å². The zero-order chi connectivity index (χ0) is 43.4. The molecule has 1 nitrogen and oxygen atoms in total. The third kappa shape index (κ3) is 17.5. The summed E-state index contributed by atoms with van der Waals surface area (Å²) in [4.78, 5) is 0. The predicted molar refractivity (Wildman–Crippen MR) is 272 cm³/mol. The Balaban J connectivity index is 0.000000399. The van der Waals surface area contributed by atoms with Gasteiger partial charge in [0, 0.05) is 6.54 Å². The maximum absolute atomic E-state index is 5.62. The van der Waals surface area contributed by atoms with Crippen LogP contribution >= 0.6 is 0 Å². The fourth-order valence-electron chi connectivity index (χ4n) is 6.57. The molecule has 1 atom stereocenters. The van der Waals surface area contributed by atoms with E-state index in [0.717, 1.165) is 32.1 Å². The van der Waals surface area contributed by atoms with Gasteiger partial charge in [0.15, 0.2) is 0 Å². The summed E-state index contributed by atoms with van der Waals surface area (Å²) in [6.45, 7) is 21.3. The minimum Gasteiger partial charge on any atom is -0.327 e. The van der Waals surface area contributed by atoms with Gasteiger partial charge in [-0.15, -0.1) is 6.58 Å². The summed E-state index contributed by atoms with van der Waals surface area (Å²) in [5.74, 6) is 0.392. The van der Waals surface area contributed by atoms with Crippen molar-refractivity contribution in [2.24, 2.45) is 11.7 Å². The second kappa shape index (κ2) is 28.4. The molecule has 0 saturated heterocycles. The van der Waals surface area contributed by atoms with Gasteiger partial charge in [-0.1, -0.05) is 229 Å². The van der Waals surface area contributed by atoms with Crippen LogP contribution < -0.4 is 5.73 Å². The third-order valence-corrected chi connectivity index (χ3v) is 10.2. The van der Waals surface area contributed by atoms with E-state index in [1.54, 1.807) is 0 Å². The predicted octanol–water partition coefficient (Wildman–Crippen LogP) is 16.3. The van der Waals surface area contributed by atoms with E-state index in [-0.39, 0.29) is 0 Å². The zero-order valence-corrected chi connectivity index (χ0v) is 37.3. The molecule has 4 rings (SSSR count). The second-order valence-electron chi connectivity index (χ2n) is 14.7. The lowest BCUT2D eigenvalue weighted by molar-refractivity contribution is 0.940. The maximum Gasteiger partial charge on any atom is 0.0110 e. The summed E-state index contributed by atoms with van der Waals surface area (Å²) >= 11 is 0. The molecule has 310 valence electrons. The molecule has 1 unspecified atom stereocenters. The molecular weight excluding hydrogens is 723 g/mol. The summed E-state index contributed by atoms with van der Waals surface area (Å²) in [5.41, 5.74) is 20.9. The molecule has 4 aromatic rings. The molecule has 0 aromatic heterocycles. The van der Waals surface area contributed by atoms with Gasteiger partial charge in [-0.3, -0.25) is 0 Å². The van der Waals surface area contributed by atoms with Crippen molar-refractivity contribution in [3.8, 4) is 0 Å². The first-order chi connectivity index (χ1) is 29.3. The maximum atomic E-state index is 5.62. The first-order valence-electron chi connectivity index (χ1n) is 21.7. The zero-order valence-electron chi connectivity index (χ0n) is 37.3. The lowest BCUT2D eigenvalue weighted by Gasteiger charge is -2.07. The van der Waals surface area contributed by atoms with E-state index >= 15 is 0 Å². The van der Waals surface area contributed by atoms with Crippen molar-refractivity contribution in [2.45, 2.75) is 73.6 Å². The van der Waals surface area contributed by atoms with Crippen LogP contribution in [0.3, 0.4) is 0 Å². The lowest BCUT2D eigenvalue weighted by Crippen LogP contribution is -1.92. The number of hydrogen-bond acceptors (Lipinski definition) is 1. The molecule has 0 saturated carbocycles. The van der Waals surface area contributed by atoms with Crippen molar-refractivity contribution in [1.82, 2.24) is 0 Å². The van der Waals surface area contributed by atoms with Crippen LogP contribution in [-0.4, -0.2) is 6.54 Å². The Hall–Kier alpha value is -6.02. The lowest BCUT2D eigenvalue weighted by atomic mass is 9.99. The van der Waals surface area contributed by atoms with Crippen LogP contribution in [0.25, 0.3) is 42.5 Å². The highest BCUT2D eigenvalue weighted by Gasteiger charge is 2.01. The molecule has 0 bridgehead atoms. The Morgan fingerprint density at radius 3 is 1.80 bits per heavy atom. The van der Waals surface area contributed by atoms with Crippen molar-refractivity contribution >= 4 is 42.5 Å². The first-order valence-corrected chi connectivity index (χ1v) is 21.7. The molecule has 0 aliphatic heterocycles. The average Bonchev–Trinajstić information content (AvgIpc) is 3.28. The van der Waals surface area contributed by atoms with E-state index in [1.165, 1.54) is 66.8 Å². The molecule has 0 heterocycles. The van der Waals surface area contributed by atoms with Crippen LogP contribution in [-0.2, 0) is 12.8 Å². The van der Waals surface area contributed by atoms with E-state index in [0.29, 0.717) is 12.5 Å². The molecule has 1 heteroatoms. The Kier molecular flexibility index (Phi) is 22.9. The van der Waals surface area contributed by atoms with E-state index in [1.807, 2.05) is 24.3 Å². The van der Waals surface area contributed by atoms with Crippen LogP contribution in [0.1, 0.15) is 110 Å². The standard InChI is InChI=1S/C39H47N.C20H22/c1-6-9-10-11-12-16-32(4)17-13-14-18-37(7-2)38(8-3)29-28-35-24-22-34(23-25-35)26-27-36-21-20-33(5)39(31-36)19-15-30-40;1-4-17-9-7-8-10-20(17)14-12-16-11-13-18(5-2)19(6-3)15-16/h6,10-29,31-32H,1,7-9,30,40H2,2-5H3;4,7-15H,1,5-6H2,2-3H3/b11-10-,16-12-,17-13-,18-14+,19-15-,27-26+,29-28-,38-37-;14-12-. The van der Waals surface area contributed by atoms with Crippen LogP contribution in [0.4, 0.5) is 0 Å². The van der Waals surface area contributed by atoms with Gasteiger partial charge in [-0.25, -0.2) is 0 Å². The monoisotopic (exact) mass is 792 g/mol. The largest absolute Gasteiger partial charge is 0.327 e. The smallest absolute Gasteiger partial charge is 0.0110 e. The molecule has 60 heavy (non-hydrogen) atoms. The fourth-order valence-corrected chi connectivity index (χ4v) is 6.57. The van der Waals surface area contributed by atoms with Crippen molar-refractivity contribution in [1.29, 1.82) is 0 Å². The summed E-state index contributed by atoms with van der Waals surface area (Å²) in [6.07, 6.45) is 43.4. The molecule has 0 aliphatic carbocycles. The summed E-state index contributed by atoms with van der Waals surface area (Å²) < 4.78 is 0. The molecule has 0 aliphatic rings. The molecule has 0 amide bonds. The number of benzene rings is 4. The minimum atomic E-state index is 0.392. The van der Waals surface area contributed by atoms with Crippen LogP contribution in [0.2, 0.25) is 0 Å². The summed E-state index contributed by atoms with van der Waals surface area (Å²) in [5, 5.41) is 0. The van der Waals surface area contributed by atoms with Crippen LogP contribution in [0.5, 0.6) is 0 Å². The third-order valence-electron chi connectivity index (χ3n) is 10.2. The average molecular weight is 792 g/mol. The number of nitrogens with two attached hydrogens (primary N) is 1. The summed E-state index contributed by atoms with van der Waals surface area (Å²) in [7, 11) is 0. The van der Waals surface area contributed by atoms with E-state index < -0.39 is 0 Å². The fraction of sp³-hybridized carbons (Fsp3) is 0.220. The number of hydrogen-bond donors (Lipinski definition) is 1. The summed E-state index contributed by atoms with van der Waals surface area (Å²) in [6, 6.07) is 30.3. The van der Waals surface area contributed by atoms with Gasteiger partial charge in [0.2, 0.25) is 0 Å². The topological polar surface area (TPSA) is 26.0 Å². The SMILES string of the molecule is C=CC/C=C\C=C/C(C)\C=C/C=C/C(CC)=C(\C=C/c1ccc(/C=C/c2ccc(C)c(/C=C\CN)c2)cc1)CC.C=Cc1ccccc1/C=C\c1ccc(CC)c(CC)c1. The Morgan fingerprint density at radius 1 is 0.567 bits per heavy atom. The Bertz CT molecular complexity index is 2200. The Labute approximate surface area is 364 Å². The normalized spacial score (nSPS) is 13.1. The number of allylic oxidation sites excluding steroid dienone is 12. The van der Waals surface area contributed by atoms with Crippen LogP contribution in [0.15, 0.2) is 176 Å². The van der Waals surface area contributed by atoms with Gasteiger partial charge in [-0.05, 0) is 118 Å². The van der Waals surface area contributed by atoms with Crippen molar-refractivity contribution in [3.63, 3.8) is 0 Å². The molecule has 0 fully saturated rings. The quantitative estimate of drug-likeness (QED) is 0.0538. The van der Waals surface area contributed by atoms with Gasteiger partial charge >= 0.3 is 0 Å². The van der Waals surface area contributed by atoms with Gasteiger partial charge in [0.05, 0.1) is 0 Å². The van der Waals surface area contributed by atoms with Crippen molar-refractivity contribution in [2.75, 3.05) is 6.54 Å². The van der Waals surface area contributed by atoms with E-state index in [9.17, 15) is 0 Å². The van der Waals surface area contributed by atoms with Gasteiger partial charge in [0.1, 0.15) is 0 Å². The van der Waals surface area contributed by atoms with Crippen molar-refractivity contribution in [3.05, 3.63) is 232 Å². The van der Waals surface area contributed by atoms with Gasteiger partial charge < -0.3 is 5.73 Å². The van der Waals surface area contributed by atoms with E-state index in [2.05, 4.69) is 225 Å². The van der Waals surface area contributed by atoms with Gasteiger partial charge in [-0.2, -0.15) is 0 Å². The highest BCUT2D eigenvalue weighted by molar-refractivity contribution is 5.75. The highest BCUT2D eigenvalue weighted by atomic mass is 14.5. The number of rotatable bonds is 20.